The Labute approximate surface area is 110 Å². The Kier molecular flexibility index (Phi) is 4.39. The summed E-state index contributed by atoms with van der Waals surface area (Å²) in [6.07, 6.45) is 0. The molecule has 0 aliphatic carbocycles. The SMILES string of the molecule is CC(C)(C)c1ccc(N=C(N)CCl)c(Br)c1. The van der Waals surface area contributed by atoms with Crippen molar-refractivity contribution in [3.8, 4) is 0 Å². The molecule has 1 aromatic rings. The molecule has 0 aliphatic heterocycles. The van der Waals surface area contributed by atoms with Gasteiger partial charge < -0.3 is 5.73 Å². The van der Waals surface area contributed by atoms with Crippen molar-refractivity contribution in [2.75, 3.05) is 5.88 Å². The molecular formula is C12H16BrClN2. The van der Waals surface area contributed by atoms with E-state index in [1.807, 2.05) is 6.07 Å². The number of rotatable bonds is 2. The second-order valence-corrected chi connectivity index (χ2v) is 5.77. The minimum absolute atomic E-state index is 0.128. The number of alkyl halides is 1. The van der Waals surface area contributed by atoms with Gasteiger partial charge in [0.1, 0.15) is 5.84 Å². The summed E-state index contributed by atoms with van der Waals surface area (Å²) in [6, 6.07) is 6.08. The van der Waals surface area contributed by atoms with Crippen LogP contribution in [0.15, 0.2) is 27.7 Å². The van der Waals surface area contributed by atoms with Crippen molar-refractivity contribution in [3.63, 3.8) is 0 Å². The van der Waals surface area contributed by atoms with E-state index in [1.54, 1.807) is 0 Å². The predicted molar refractivity (Wildman–Crippen MR) is 74.8 cm³/mol. The minimum atomic E-state index is 0.128. The van der Waals surface area contributed by atoms with E-state index in [9.17, 15) is 0 Å². The molecule has 0 bridgehead atoms. The third-order valence-electron chi connectivity index (χ3n) is 2.21. The van der Waals surface area contributed by atoms with E-state index in [0.717, 1.165) is 10.2 Å². The largest absolute Gasteiger partial charge is 0.386 e. The van der Waals surface area contributed by atoms with Gasteiger partial charge in [-0.3, -0.25) is 0 Å². The molecule has 2 nitrogen and oxygen atoms in total. The Morgan fingerprint density at radius 1 is 1.44 bits per heavy atom. The zero-order chi connectivity index (χ0) is 12.3. The average Bonchev–Trinajstić information content (AvgIpc) is 2.19. The van der Waals surface area contributed by atoms with E-state index in [1.165, 1.54) is 5.56 Å². The van der Waals surface area contributed by atoms with Crippen LogP contribution in [0.25, 0.3) is 0 Å². The number of nitrogens with zero attached hydrogens (tertiary/aromatic N) is 1. The first-order valence-corrected chi connectivity index (χ1v) is 6.36. The summed E-state index contributed by atoms with van der Waals surface area (Å²) >= 11 is 9.08. The Balaban J connectivity index is 3.10. The normalized spacial score (nSPS) is 12.9. The fraction of sp³-hybridized carbons (Fsp3) is 0.417. The molecule has 0 aliphatic rings. The first kappa shape index (κ1) is 13.5. The molecule has 16 heavy (non-hydrogen) atoms. The molecule has 0 heterocycles. The van der Waals surface area contributed by atoms with Gasteiger partial charge in [0.15, 0.2) is 0 Å². The van der Waals surface area contributed by atoms with Gasteiger partial charge in [0, 0.05) is 4.47 Å². The molecule has 1 rings (SSSR count). The highest BCUT2D eigenvalue weighted by Crippen LogP contribution is 2.31. The first-order valence-electron chi connectivity index (χ1n) is 5.03. The Hall–Kier alpha value is -0.540. The van der Waals surface area contributed by atoms with Crippen molar-refractivity contribution >= 4 is 39.1 Å². The minimum Gasteiger partial charge on any atom is -0.386 e. The number of hydrogen-bond acceptors (Lipinski definition) is 1. The third-order valence-corrected chi connectivity index (χ3v) is 3.12. The van der Waals surface area contributed by atoms with Crippen LogP contribution in [0, 0.1) is 0 Å². The summed E-state index contributed by atoms with van der Waals surface area (Å²) in [6.45, 7) is 6.51. The predicted octanol–water partition coefficient (Wildman–Crippen LogP) is 3.97. The fourth-order valence-electron chi connectivity index (χ4n) is 1.25. The molecule has 0 atom stereocenters. The van der Waals surface area contributed by atoms with E-state index in [0.29, 0.717) is 5.84 Å². The van der Waals surface area contributed by atoms with E-state index >= 15 is 0 Å². The van der Waals surface area contributed by atoms with Gasteiger partial charge in [0.25, 0.3) is 0 Å². The molecule has 88 valence electrons. The van der Waals surface area contributed by atoms with Crippen LogP contribution in [-0.2, 0) is 5.41 Å². The monoisotopic (exact) mass is 302 g/mol. The highest BCUT2D eigenvalue weighted by Gasteiger charge is 2.14. The van der Waals surface area contributed by atoms with Crippen LogP contribution in [-0.4, -0.2) is 11.7 Å². The molecular weight excluding hydrogens is 288 g/mol. The maximum Gasteiger partial charge on any atom is 0.115 e. The van der Waals surface area contributed by atoms with E-state index in [2.05, 4.69) is 53.8 Å². The lowest BCUT2D eigenvalue weighted by Gasteiger charge is -2.19. The molecule has 4 heteroatoms. The van der Waals surface area contributed by atoms with Crippen molar-refractivity contribution in [2.45, 2.75) is 26.2 Å². The number of nitrogens with two attached hydrogens (primary N) is 1. The molecule has 0 spiro atoms. The van der Waals surface area contributed by atoms with Gasteiger partial charge in [-0.05, 0) is 39.0 Å². The summed E-state index contributed by atoms with van der Waals surface area (Å²) in [5.41, 5.74) is 7.79. The lowest BCUT2D eigenvalue weighted by atomic mass is 9.87. The Bertz CT molecular complexity index is 408. The van der Waals surface area contributed by atoms with Crippen LogP contribution >= 0.6 is 27.5 Å². The van der Waals surface area contributed by atoms with Crippen molar-refractivity contribution in [1.82, 2.24) is 0 Å². The molecule has 0 saturated carbocycles. The summed E-state index contributed by atoms with van der Waals surface area (Å²) < 4.78 is 0.938. The molecule has 0 radical (unpaired) electrons. The van der Waals surface area contributed by atoms with E-state index < -0.39 is 0 Å². The number of benzene rings is 1. The maximum absolute atomic E-state index is 5.59. The standard InChI is InChI=1S/C12H16BrClN2/c1-12(2,3)8-4-5-10(9(13)6-8)16-11(15)7-14/h4-6H,7H2,1-3H3,(H2,15,16). The second kappa shape index (κ2) is 5.19. The summed E-state index contributed by atoms with van der Waals surface area (Å²) in [7, 11) is 0. The van der Waals surface area contributed by atoms with Crippen LogP contribution in [0.3, 0.4) is 0 Å². The summed E-state index contributed by atoms with van der Waals surface area (Å²) in [4.78, 5) is 4.22. The third kappa shape index (κ3) is 3.49. The lowest BCUT2D eigenvalue weighted by molar-refractivity contribution is 0.590. The highest BCUT2D eigenvalue weighted by molar-refractivity contribution is 9.10. The first-order chi connectivity index (χ1) is 7.34. The zero-order valence-electron chi connectivity index (χ0n) is 9.72. The van der Waals surface area contributed by atoms with Gasteiger partial charge >= 0.3 is 0 Å². The molecule has 0 fully saturated rings. The van der Waals surface area contributed by atoms with Crippen molar-refractivity contribution in [2.24, 2.45) is 10.7 Å². The number of aliphatic imine (C=N–C) groups is 1. The van der Waals surface area contributed by atoms with Crippen LogP contribution in [0.5, 0.6) is 0 Å². The molecule has 2 N–H and O–H groups in total. The van der Waals surface area contributed by atoms with Crippen LogP contribution in [0.4, 0.5) is 5.69 Å². The topological polar surface area (TPSA) is 38.4 Å². The molecule has 0 amide bonds. The van der Waals surface area contributed by atoms with E-state index in [4.69, 9.17) is 17.3 Å². The molecule has 0 aromatic heterocycles. The van der Waals surface area contributed by atoms with E-state index in [-0.39, 0.29) is 11.3 Å². The highest BCUT2D eigenvalue weighted by atomic mass is 79.9. The van der Waals surface area contributed by atoms with Crippen molar-refractivity contribution < 1.29 is 0 Å². The lowest BCUT2D eigenvalue weighted by Crippen LogP contribution is -2.13. The fourth-order valence-corrected chi connectivity index (χ4v) is 1.78. The van der Waals surface area contributed by atoms with Crippen molar-refractivity contribution in [3.05, 3.63) is 28.2 Å². The number of amidine groups is 1. The average molecular weight is 304 g/mol. The van der Waals surface area contributed by atoms with Gasteiger partial charge in [-0.25, -0.2) is 4.99 Å². The zero-order valence-corrected chi connectivity index (χ0v) is 12.1. The Morgan fingerprint density at radius 2 is 2.06 bits per heavy atom. The van der Waals surface area contributed by atoms with Gasteiger partial charge in [-0.2, -0.15) is 0 Å². The Morgan fingerprint density at radius 3 is 2.50 bits per heavy atom. The molecule has 1 aromatic carbocycles. The van der Waals surface area contributed by atoms with Crippen LogP contribution in [0.1, 0.15) is 26.3 Å². The number of halogens is 2. The quantitative estimate of drug-likeness (QED) is 0.501. The smallest absolute Gasteiger partial charge is 0.115 e. The summed E-state index contributed by atoms with van der Waals surface area (Å²) in [5.74, 6) is 0.666. The molecule has 0 unspecified atom stereocenters. The number of hydrogen-bond donors (Lipinski definition) is 1. The van der Waals surface area contributed by atoms with Gasteiger partial charge in [0.05, 0.1) is 11.6 Å². The van der Waals surface area contributed by atoms with Gasteiger partial charge in [-0.1, -0.05) is 26.8 Å². The summed E-state index contributed by atoms with van der Waals surface area (Å²) in [5, 5.41) is 0. The van der Waals surface area contributed by atoms with Crippen LogP contribution < -0.4 is 5.73 Å². The second-order valence-electron chi connectivity index (χ2n) is 4.65. The van der Waals surface area contributed by atoms with Crippen molar-refractivity contribution in [1.29, 1.82) is 0 Å². The van der Waals surface area contributed by atoms with Gasteiger partial charge in [0.2, 0.25) is 0 Å². The van der Waals surface area contributed by atoms with Gasteiger partial charge in [-0.15, -0.1) is 11.6 Å². The molecule has 0 saturated heterocycles. The van der Waals surface area contributed by atoms with Crippen LogP contribution in [0.2, 0.25) is 0 Å². The maximum atomic E-state index is 5.59.